The zero-order chi connectivity index (χ0) is 18.5. The average molecular weight is 432 g/mol. The van der Waals surface area contributed by atoms with Crippen molar-refractivity contribution in [2.24, 2.45) is 0 Å². The van der Waals surface area contributed by atoms with Crippen LogP contribution in [0.15, 0.2) is 53.0 Å². The van der Waals surface area contributed by atoms with Crippen molar-refractivity contribution in [1.82, 2.24) is 5.32 Å². The maximum atomic E-state index is 12.2. The predicted molar refractivity (Wildman–Crippen MR) is 115 cm³/mol. The van der Waals surface area contributed by atoms with Gasteiger partial charge in [-0.3, -0.25) is 10.1 Å². The van der Waals surface area contributed by atoms with Gasteiger partial charge < -0.3 is 10.2 Å². The van der Waals surface area contributed by atoms with Gasteiger partial charge in [0.05, 0.1) is 0 Å². The summed E-state index contributed by atoms with van der Waals surface area (Å²) in [5.41, 5.74) is 2.65. The van der Waals surface area contributed by atoms with E-state index in [2.05, 4.69) is 50.5 Å². The van der Waals surface area contributed by atoms with Crippen LogP contribution in [0.3, 0.4) is 0 Å². The van der Waals surface area contributed by atoms with E-state index in [1.165, 1.54) is 24.9 Å². The molecule has 2 aromatic carbocycles. The number of hydrogen-bond acceptors (Lipinski definition) is 3. The summed E-state index contributed by atoms with van der Waals surface area (Å²) in [4.78, 5) is 14.6. The Morgan fingerprint density at radius 1 is 1.12 bits per heavy atom. The van der Waals surface area contributed by atoms with Crippen molar-refractivity contribution in [2.75, 3.05) is 16.8 Å². The summed E-state index contributed by atoms with van der Waals surface area (Å²) in [7, 11) is 0. The van der Waals surface area contributed by atoms with Gasteiger partial charge >= 0.3 is 0 Å². The van der Waals surface area contributed by atoms with Gasteiger partial charge in [0.15, 0.2) is 5.11 Å². The average Bonchev–Trinajstić information content (AvgIpc) is 2.63. The number of piperidine rings is 1. The summed E-state index contributed by atoms with van der Waals surface area (Å²) in [6.45, 7) is 3.38. The SMILES string of the molecule is C[C@@H]1CCCCN1c1ccc(NC(=S)NC(=O)c2ccc(Br)cc2)cc1. The van der Waals surface area contributed by atoms with Crippen molar-refractivity contribution < 1.29 is 4.79 Å². The number of rotatable bonds is 3. The highest BCUT2D eigenvalue weighted by Crippen LogP contribution is 2.25. The number of halogens is 1. The molecule has 1 aliphatic rings. The second-order valence-electron chi connectivity index (χ2n) is 6.50. The first-order valence-corrected chi connectivity index (χ1v) is 9.97. The molecule has 0 spiro atoms. The van der Waals surface area contributed by atoms with Gasteiger partial charge in [0.2, 0.25) is 0 Å². The highest BCUT2D eigenvalue weighted by molar-refractivity contribution is 9.10. The second-order valence-corrected chi connectivity index (χ2v) is 7.82. The van der Waals surface area contributed by atoms with E-state index in [4.69, 9.17) is 12.2 Å². The third-order valence-electron chi connectivity index (χ3n) is 4.59. The Morgan fingerprint density at radius 2 is 1.81 bits per heavy atom. The lowest BCUT2D eigenvalue weighted by molar-refractivity contribution is 0.0977. The monoisotopic (exact) mass is 431 g/mol. The number of thiocarbonyl (C=S) groups is 1. The van der Waals surface area contributed by atoms with E-state index < -0.39 is 0 Å². The first kappa shape index (κ1) is 18.9. The van der Waals surface area contributed by atoms with Crippen molar-refractivity contribution in [2.45, 2.75) is 32.2 Å². The highest BCUT2D eigenvalue weighted by atomic mass is 79.9. The van der Waals surface area contributed by atoms with Crippen molar-refractivity contribution >= 4 is 50.5 Å². The first-order chi connectivity index (χ1) is 12.5. The number of carbonyl (C=O) groups excluding carboxylic acids is 1. The fourth-order valence-corrected chi connectivity index (χ4v) is 3.63. The number of benzene rings is 2. The number of anilines is 2. The van der Waals surface area contributed by atoms with Crippen LogP contribution in [0.1, 0.15) is 36.5 Å². The molecule has 1 atom stereocenters. The molecule has 1 saturated heterocycles. The molecule has 2 aromatic rings. The van der Waals surface area contributed by atoms with Crippen LogP contribution in [0.5, 0.6) is 0 Å². The van der Waals surface area contributed by atoms with E-state index in [-0.39, 0.29) is 11.0 Å². The molecule has 136 valence electrons. The van der Waals surface area contributed by atoms with Crippen molar-refractivity contribution in [3.05, 3.63) is 58.6 Å². The molecule has 26 heavy (non-hydrogen) atoms. The summed E-state index contributed by atoms with van der Waals surface area (Å²) in [5.74, 6) is -0.228. The molecule has 0 aromatic heterocycles. The normalized spacial score (nSPS) is 16.8. The highest BCUT2D eigenvalue weighted by Gasteiger charge is 2.18. The van der Waals surface area contributed by atoms with Gasteiger partial charge in [0.25, 0.3) is 5.91 Å². The first-order valence-electron chi connectivity index (χ1n) is 8.77. The number of nitrogens with one attached hydrogen (secondary N) is 2. The fourth-order valence-electron chi connectivity index (χ4n) is 3.16. The fraction of sp³-hybridized carbons (Fsp3) is 0.300. The smallest absolute Gasteiger partial charge is 0.257 e. The molecular formula is C20H22BrN3OS. The second kappa shape index (κ2) is 8.64. The lowest BCUT2D eigenvalue weighted by Crippen LogP contribution is -2.37. The number of nitrogens with zero attached hydrogens (tertiary/aromatic N) is 1. The maximum Gasteiger partial charge on any atom is 0.257 e. The Hall–Kier alpha value is -1.92. The minimum atomic E-state index is -0.228. The van der Waals surface area contributed by atoms with Crippen LogP contribution in [-0.2, 0) is 0 Å². The summed E-state index contributed by atoms with van der Waals surface area (Å²) in [6.07, 6.45) is 3.80. The van der Waals surface area contributed by atoms with Gasteiger partial charge in [0.1, 0.15) is 0 Å². The maximum absolute atomic E-state index is 12.2. The van der Waals surface area contributed by atoms with E-state index in [0.717, 1.165) is 16.7 Å². The predicted octanol–water partition coefficient (Wildman–Crippen LogP) is 4.95. The Labute approximate surface area is 168 Å². The van der Waals surface area contributed by atoms with Gasteiger partial charge in [-0.05, 0) is 86.9 Å². The number of hydrogen-bond donors (Lipinski definition) is 2. The molecule has 1 aliphatic heterocycles. The van der Waals surface area contributed by atoms with E-state index in [1.807, 2.05) is 24.3 Å². The zero-order valence-electron chi connectivity index (χ0n) is 14.7. The van der Waals surface area contributed by atoms with E-state index in [0.29, 0.717) is 11.6 Å². The molecule has 6 heteroatoms. The minimum Gasteiger partial charge on any atom is -0.369 e. The summed E-state index contributed by atoms with van der Waals surface area (Å²) in [6, 6.07) is 15.9. The van der Waals surface area contributed by atoms with E-state index >= 15 is 0 Å². The summed E-state index contributed by atoms with van der Waals surface area (Å²) < 4.78 is 0.929. The largest absolute Gasteiger partial charge is 0.369 e. The minimum absolute atomic E-state index is 0.228. The molecule has 0 saturated carbocycles. The molecule has 1 heterocycles. The molecule has 0 radical (unpaired) electrons. The standard InChI is InChI=1S/C20H22BrN3OS/c1-14-4-2-3-13-24(14)18-11-9-17(10-12-18)22-20(26)23-19(25)15-5-7-16(21)8-6-15/h5-12,14H,2-4,13H2,1H3,(H2,22,23,25,26)/t14-/m1/s1. The topological polar surface area (TPSA) is 44.4 Å². The van der Waals surface area contributed by atoms with Gasteiger partial charge in [-0.25, -0.2) is 0 Å². The Bertz CT molecular complexity index is 777. The van der Waals surface area contributed by atoms with E-state index in [9.17, 15) is 4.79 Å². The molecule has 1 fully saturated rings. The lowest BCUT2D eigenvalue weighted by Gasteiger charge is -2.35. The molecule has 1 amide bonds. The molecule has 4 nitrogen and oxygen atoms in total. The van der Waals surface area contributed by atoms with Crippen LogP contribution < -0.4 is 15.5 Å². The van der Waals surface area contributed by atoms with Crippen molar-refractivity contribution in [1.29, 1.82) is 0 Å². The van der Waals surface area contributed by atoms with E-state index in [1.54, 1.807) is 12.1 Å². The third kappa shape index (κ3) is 4.83. The number of carbonyl (C=O) groups is 1. The van der Waals surface area contributed by atoms with Crippen LogP contribution in [0.4, 0.5) is 11.4 Å². The zero-order valence-corrected chi connectivity index (χ0v) is 17.1. The van der Waals surface area contributed by atoms with Crippen LogP contribution in [0, 0.1) is 0 Å². The van der Waals surface area contributed by atoms with Gasteiger partial charge in [0, 0.05) is 34.0 Å². The summed E-state index contributed by atoms with van der Waals surface area (Å²) in [5, 5.41) is 6.06. The molecule has 0 aliphatic carbocycles. The van der Waals surface area contributed by atoms with Gasteiger partial charge in [-0.15, -0.1) is 0 Å². The van der Waals surface area contributed by atoms with Crippen LogP contribution in [0.25, 0.3) is 0 Å². The molecule has 3 rings (SSSR count). The van der Waals surface area contributed by atoms with Crippen LogP contribution >= 0.6 is 28.1 Å². The quantitative estimate of drug-likeness (QED) is 0.674. The van der Waals surface area contributed by atoms with Gasteiger partial charge in [-0.2, -0.15) is 0 Å². The number of amides is 1. The van der Waals surface area contributed by atoms with Crippen molar-refractivity contribution in [3.63, 3.8) is 0 Å². The van der Waals surface area contributed by atoms with Crippen LogP contribution in [0.2, 0.25) is 0 Å². The molecule has 0 unspecified atom stereocenters. The summed E-state index contributed by atoms with van der Waals surface area (Å²) >= 11 is 8.61. The Balaban J connectivity index is 1.57. The van der Waals surface area contributed by atoms with Gasteiger partial charge in [-0.1, -0.05) is 15.9 Å². The van der Waals surface area contributed by atoms with Crippen molar-refractivity contribution in [3.8, 4) is 0 Å². The van der Waals surface area contributed by atoms with Crippen LogP contribution in [-0.4, -0.2) is 23.6 Å². The lowest BCUT2D eigenvalue weighted by atomic mass is 10.0. The molecular weight excluding hydrogens is 410 g/mol. The molecule has 2 N–H and O–H groups in total. The Morgan fingerprint density at radius 3 is 2.46 bits per heavy atom. The molecule has 0 bridgehead atoms. The third-order valence-corrected chi connectivity index (χ3v) is 5.33. The Kier molecular flexibility index (Phi) is 6.27.